The van der Waals surface area contributed by atoms with Gasteiger partial charge in [0, 0.05) is 40.5 Å². The Kier molecular flexibility index (Phi) is 8.84. The van der Waals surface area contributed by atoms with E-state index in [1.165, 1.54) is 16.7 Å². The molecule has 0 saturated carbocycles. The fourth-order valence-electron chi connectivity index (χ4n) is 5.70. The number of fused-ring (bicyclic) bond motifs is 1. The lowest BCUT2D eigenvalue weighted by atomic mass is 9.81. The van der Waals surface area contributed by atoms with Crippen LogP contribution in [0.25, 0.3) is 0 Å². The van der Waals surface area contributed by atoms with Crippen molar-refractivity contribution in [3.05, 3.63) is 107 Å². The molecule has 0 saturated heterocycles. The average molecular weight is 573 g/mol. The van der Waals surface area contributed by atoms with Gasteiger partial charge in [0.2, 0.25) is 0 Å². The average Bonchev–Trinajstić information content (AvgIpc) is 3.37. The Labute approximate surface area is 246 Å². The third kappa shape index (κ3) is 5.77. The van der Waals surface area contributed by atoms with Crippen LogP contribution in [-0.4, -0.2) is 42.7 Å². The Bertz CT molecular complexity index is 1450. The maximum atomic E-state index is 6.04. The Hall–Kier alpha value is -3.97. The van der Waals surface area contributed by atoms with E-state index in [0.29, 0.717) is 0 Å². The first-order valence-corrected chi connectivity index (χ1v) is 14.5. The third-order valence-electron chi connectivity index (χ3n) is 7.73. The van der Waals surface area contributed by atoms with E-state index in [0.717, 1.165) is 51.4 Å². The number of thioether (sulfide) groups is 1. The minimum Gasteiger partial charge on any atom is -0.497 e. The van der Waals surface area contributed by atoms with E-state index >= 15 is 0 Å². The summed E-state index contributed by atoms with van der Waals surface area (Å²) in [6.07, 6.45) is 0. The van der Waals surface area contributed by atoms with Crippen LogP contribution in [0, 0.1) is 0 Å². The van der Waals surface area contributed by atoms with E-state index in [-0.39, 0.29) is 17.1 Å². The molecule has 0 bridgehead atoms. The standard InChI is InChI=1S/C34H36O6S/c1-35-24-11-7-21(8-12-24)20-41-34-29-18-28(39-5)19-30(40-6)33(29)31(23-15-26(37-3)17-27(16-23)38-4)32(34)22-9-13-25(36-2)14-10-22/h7-19,31-32,34H,20H2,1-6H3/t31-,32-,34?/m1/s1. The van der Waals surface area contributed by atoms with Gasteiger partial charge in [0.25, 0.3) is 0 Å². The van der Waals surface area contributed by atoms with Gasteiger partial charge in [-0.05, 0) is 64.7 Å². The third-order valence-corrected chi connectivity index (χ3v) is 9.13. The molecule has 0 radical (unpaired) electrons. The van der Waals surface area contributed by atoms with Crippen molar-refractivity contribution in [2.75, 3.05) is 42.7 Å². The van der Waals surface area contributed by atoms with Crippen molar-refractivity contribution >= 4 is 11.8 Å². The zero-order chi connectivity index (χ0) is 28.9. The van der Waals surface area contributed by atoms with Crippen LogP contribution in [0.2, 0.25) is 0 Å². The van der Waals surface area contributed by atoms with Gasteiger partial charge in [-0.2, -0.15) is 0 Å². The van der Waals surface area contributed by atoms with Gasteiger partial charge in [0.05, 0.1) is 42.7 Å². The van der Waals surface area contributed by atoms with Crippen LogP contribution in [0.4, 0.5) is 0 Å². The highest BCUT2D eigenvalue weighted by atomic mass is 32.2. The number of ether oxygens (including phenoxy) is 6. The molecule has 7 heteroatoms. The molecule has 0 aliphatic heterocycles. The second kappa shape index (κ2) is 12.7. The molecule has 214 valence electrons. The van der Waals surface area contributed by atoms with E-state index < -0.39 is 0 Å². The summed E-state index contributed by atoms with van der Waals surface area (Å²) in [6, 6.07) is 26.9. The zero-order valence-corrected chi connectivity index (χ0v) is 25.1. The monoisotopic (exact) mass is 572 g/mol. The summed E-state index contributed by atoms with van der Waals surface area (Å²) < 4.78 is 34.0. The number of methoxy groups -OCH3 is 6. The SMILES string of the molecule is COc1ccc(CSC2c3cc(OC)cc(OC)c3[C@H](c3cc(OC)cc(OC)c3)[C@H]2c2ccc(OC)cc2)cc1. The molecule has 41 heavy (non-hydrogen) atoms. The van der Waals surface area contributed by atoms with E-state index in [1.54, 1.807) is 42.7 Å². The molecule has 5 rings (SSSR count). The fraction of sp³-hybridized carbons (Fsp3) is 0.294. The van der Waals surface area contributed by atoms with E-state index in [9.17, 15) is 0 Å². The van der Waals surface area contributed by atoms with Gasteiger partial charge in [0.1, 0.15) is 34.5 Å². The highest BCUT2D eigenvalue weighted by Gasteiger charge is 2.45. The van der Waals surface area contributed by atoms with Gasteiger partial charge in [-0.3, -0.25) is 0 Å². The van der Waals surface area contributed by atoms with Crippen molar-refractivity contribution in [3.63, 3.8) is 0 Å². The van der Waals surface area contributed by atoms with Crippen molar-refractivity contribution in [2.24, 2.45) is 0 Å². The number of hydrogen-bond donors (Lipinski definition) is 0. The highest BCUT2D eigenvalue weighted by molar-refractivity contribution is 7.98. The summed E-state index contributed by atoms with van der Waals surface area (Å²) in [4.78, 5) is 0. The van der Waals surface area contributed by atoms with E-state index in [2.05, 4.69) is 42.5 Å². The lowest BCUT2D eigenvalue weighted by Crippen LogP contribution is -2.12. The smallest absolute Gasteiger partial charge is 0.126 e. The van der Waals surface area contributed by atoms with Crippen LogP contribution in [-0.2, 0) is 5.75 Å². The van der Waals surface area contributed by atoms with E-state index in [4.69, 9.17) is 28.4 Å². The molecule has 3 atom stereocenters. The fourth-order valence-corrected chi connectivity index (χ4v) is 7.16. The number of benzene rings is 4. The maximum Gasteiger partial charge on any atom is 0.126 e. The van der Waals surface area contributed by atoms with Crippen LogP contribution < -0.4 is 28.4 Å². The lowest BCUT2D eigenvalue weighted by molar-refractivity contribution is 0.388. The molecule has 1 unspecified atom stereocenters. The van der Waals surface area contributed by atoms with Gasteiger partial charge < -0.3 is 28.4 Å². The first kappa shape index (κ1) is 28.6. The predicted octanol–water partition coefficient (Wildman–Crippen LogP) is 7.64. The summed E-state index contributed by atoms with van der Waals surface area (Å²) in [7, 11) is 10.2. The lowest BCUT2D eigenvalue weighted by Gasteiger charge is -2.27. The largest absolute Gasteiger partial charge is 0.497 e. The van der Waals surface area contributed by atoms with Crippen LogP contribution in [0.15, 0.2) is 78.9 Å². The molecule has 0 fully saturated rings. The first-order valence-electron chi connectivity index (χ1n) is 13.4. The van der Waals surface area contributed by atoms with Gasteiger partial charge in [-0.1, -0.05) is 24.3 Å². The molecular weight excluding hydrogens is 536 g/mol. The van der Waals surface area contributed by atoms with Crippen molar-refractivity contribution in [1.29, 1.82) is 0 Å². The molecule has 0 spiro atoms. The Balaban J connectivity index is 1.70. The quantitative estimate of drug-likeness (QED) is 0.183. The molecule has 4 aromatic carbocycles. The van der Waals surface area contributed by atoms with Gasteiger partial charge in [-0.15, -0.1) is 11.8 Å². The van der Waals surface area contributed by atoms with Crippen molar-refractivity contribution in [3.8, 4) is 34.5 Å². The molecule has 1 aliphatic carbocycles. The molecule has 0 heterocycles. The van der Waals surface area contributed by atoms with Crippen LogP contribution >= 0.6 is 11.8 Å². The normalized spacial score (nSPS) is 17.5. The highest BCUT2D eigenvalue weighted by Crippen LogP contribution is 2.62. The summed E-state index contributed by atoms with van der Waals surface area (Å²) in [6.45, 7) is 0. The van der Waals surface area contributed by atoms with Crippen molar-refractivity contribution in [1.82, 2.24) is 0 Å². The molecular formula is C34H36O6S. The van der Waals surface area contributed by atoms with Crippen LogP contribution in [0.1, 0.15) is 44.9 Å². The topological polar surface area (TPSA) is 55.4 Å². The minimum absolute atomic E-state index is 0.0309. The molecule has 1 aliphatic rings. The Morgan fingerprint density at radius 3 is 1.61 bits per heavy atom. The first-order chi connectivity index (χ1) is 20.0. The summed E-state index contributed by atoms with van der Waals surface area (Å²) in [5, 5.41) is 0.103. The van der Waals surface area contributed by atoms with Crippen molar-refractivity contribution < 1.29 is 28.4 Å². The summed E-state index contributed by atoms with van der Waals surface area (Å²) in [5.74, 6) is 5.62. The summed E-state index contributed by atoms with van der Waals surface area (Å²) in [5.41, 5.74) is 5.89. The summed E-state index contributed by atoms with van der Waals surface area (Å²) >= 11 is 1.92. The minimum atomic E-state index is -0.0309. The predicted molar refractivity (Wildman–Crippen MR) is 164 cm³/mol. The maximum absolute atomic E-state index is 6.04. The van der Waals surface area contributed by atoms with Crippen LogP contribution in [0.5, 0.6) is 34.5 Å². The number of rotatable bonds is 11. The molecule has 0 amide bonds. The molecule has 4 aromatic rings. The molecule has 0 aromatic heterocycles. The van der Waals surface area contributed by atoms with E-state index in [1.807, 2.05) is 48.2 Å². The second-order valence-electron chi connectivity index (χ2n) is 9.83. The second-order valence-corrected chi connectivity index (χ2v) is 11.0. The van der Waals surface area contributed by atoms with Gasteiger partial charge in [0.15, 0.2) is 0 Å². The van der Waals surface area contributed by atoms with Crippen molar-refractivity contribution in [2.45, 2.75) is 22.8 Å². The number of hydrogen-bond acceptors (Lipinski definition) is 7. The Morgan fingerprint density at radius 2 is 1.07 bits per heavy atom. The van der Waals surface area contributed by atoms with Gasteiger partial charge in [-0.25, -0.2) is 0 Å². The zero-order valence-electron chi connectivity index (χ0n) is 24.3. The Morgan fingerprint density at radius 1 is 0.537 bits per heavy atom. The molecule has 0 N–H and O–H groups in total. The molecule has 6 nitrogen and oxygen atoms in total. The van der Waals surface area contributed by atoms with Gasteiger partial charge >= 0.3 is 0 Å². The van der Waals surface area contributed by atoms with Crippen LogP contribution in [0.3, 0.4) is 0 Å².